The SMILES string of the molecule is CC[C@H](C)[C@@H]1NC(=O)[C@H](Cc2ccc(OC)cc2)NC(=O)CCCSC[C@H](C(=O)N2CCC[C@@H]2C(=O)N[C@H](CC(C)C)C(=O)NCC(N)=O)NC(=O)[C@H](CC(N)=O)NC(=O)[C@@H](CCC(N)=O)NC1=O. The molecule has 0 radical (unpaired) electrons. The summed E-state index contributed by atoms with van der Waals surface area (Å²) in [5, 5.41) is 18.2. The van der Waals surface area contributed by atoms with Crippen molar-refractivity contribution in [2.45, 2.75) is 134 Å². The van der Waals surface area contributed by atoms with Crippen molar-refractivity contribution >= 4 is 76.7 Å². The molecule has 0 saturated carbocycles. The van der Waals surface area contributed by atoms with Crippen LogP contribution in [0, 0.1) is 11.8 Å². The topological polar surface area (TPSA) is 363 Å². The molecule has 8 atom stereocenters. The maximum Gasteiger partial charge on any atom is 0.246 e. The molecule has 2 saturated heterocycles. The quantitative estimate of drug-likeness (QED) is 0.0728. The summed E-state index contributed by atoms with van der Waals surface area (Å²) in [5.41, 5.74) is 16.8. The molecule has 23 nitrogen and oxygen atoms in total. The number of rotatable bonds is 18. The van der Waals surface area contributed by atoms with Crippen LogP contribution in [0.2, 0.25) is 0 Å². The van der Waals surface area contributed by atoms with Crippen LogP contribution in [0.4, 0.5) is 0 Å². The van der Waals surface area contributed by atoms with Crippen molar-refractivity contribution < 1.29 is 57.5 Å². The van der Waals surface area contributed by atoms with Gasteiger partial charge in [0.2, 0.25) is 65.0 Å². The fourth-order valence-electron chi connectivity index (χ4n) is 7.68. The second-order valence-corrected chi connectivity index (χ2v) is 18.8. The average molecular weight is 988 g/mol. The van der Waals surface area contributed by atoms with E-state index in [9.17, 15) is 52.7 Å². The Morgan fingerprint density at radius 1 is 0.812 bits per heavy atom. The van der Waals surface area contributed by atoms with Crippen LogP contribution in [0.5, 0.6) is 5.75 Å². The smallest absolute Gasteiger partial charge is 0.246 e. The minimum atomic E-state index is -1.71. The molecule has 13 N–H and O–H groups in total. The summed E-state index contributed by atoms with van der Waals surface area (Å²) < 4.78 is 5.25. The number of thioether (sulfide) groups is 1. The van der Waals surface area contributed by atoms with Gasteiger partial charge >= 0.3 is 0 Å². The Labute approximate surface area is 405 Å². The van der Waals surface area contributed by atoms with Gasteiger partial charge < -0.3 is 64.1 Å². The van der Waals surface area contributed by atoms with E-state index in [1.165, 1.54) is 23.8 Å². The van der Waals surface area contributed by atoms with Crippen molar-refractivity contribution in [2.75, 3.05) is 31.7 Å². The Balaban J connectivity index is 2.02. The molecule has 0 aliphatic carbocycles. The Bertz CT molecular complexity index is 2020. The molecule has 1 aromatic carbocycles. The van der Waals surface area contributed by atoms with Gasteiger partial charge in [0.05, 0.1) is 20.1 Å². The van der Waals surface area contributed by atoms with Crippen LogP contribution >= 0.6 is 11.8 Å². The maximum atomic E-state index is 14.5. The second-order valence-electron chi connectivity index (χ2n) is 17.6. The molecule has 0 bridgehead atoms. The summed E-state index contributed by atoms with van der Waals surface area (Å²) in [6.45, 7) is 6.75. The van der Waals surface area contributed by atoms with Crippen molar-refractivity contribution in [1.82, 2.24) is 42.1 Å². The number of nitrogens with zero attached hydrogens (tertiary/aromatic N) is 1. The van der Waals surface area contributed by atoms with Crippen LogP contribution < -0.4 is 59.2 Å². The number of carbonyl (C=O) groups is 11. The number of benzene rings is 1. The molecule has 0 aromatic heterocycles. The van der Waals surface area contributed by atoms with Gasteiger partial charge in [-0.25, -0.2) is 0 Å². The first kappa shape index (κ1) is 56.9. The monoisotopic (exact) mass is 987 g/mol. The van der Waals surface area contributed by atoms with Crippen molar-refractivity contribution in [1.29, 1.82) is 0 Å². The van der Waals surface area contributed by atoms with E-state index in [0.717, 1.165) is 0 Å². The molecule has 2 aliphatic rings. The van der Waals surface area contributed by atoms with E-state index in [1.54, 1.807) is 38.1 Å². The van der Waals surface area contributed by atoms with Crippen LogP contribution in [0.3, 0.4) is 0 Å². The summed E-state index contributed by atoms with van der Waals surface area (Å²) in [6, 6.07) is -2.40. The van der Waals surface area contributed by atoms with Gasteiger partial charge in [0, 0.05) is 31.6 Å². The number of primary amides is 3. The van der Waals surface area contributed by atoms with E-state index in [0.29, 0.717) is 24.2 Å². The molecule has 0 unspecified atom stereocenters. The number of nitrogens with two attached hydrogens (primary N) is 3. The Kier molecular flexibility index (Phi) is 23.2. The number of methoxy groups -OCH3 is 1. The van der Waals surface area contributed by atoms with Gasteiger partial charge in [-0.3, -0.25) is 52.7 Å². The van der Waals surface area contributed by atoms with E-state index in [-0.39, 0.29) is 62.5 Å². The highest BCUT2D eigenvalue weighted by Gasteiger charge is 2.40. The molecule has 3 rings (SSSR count). The third-order valence-electron chi connectivity index (χ3n) is 11.6. The molecule has 69 heavy (non-hydrogen) atoms. The fourth-order valence-corrected chi connectivity index (χ4v) is 8.66. The predicted molar refractivity (Wildman–Crippen MR) is 253 cm³/mol. The van der Waals surface area contributed by atoms with Crippen molar-refractivity contribution in [3.8, 4) is 5.75 Å². The minimum absolute atomic E-state index is 0.0237. The van der Waals surface area contributed by atoms with Gasteiger partial charge in [-0.05, 0) is 67.4 Å². The molecule has 2 aliphatic heterocycles. The molecule has 382 valence electrons. The number of ether oxygens (including phenoxy) is 1. The molecule has 2 fully saturated rings. The van der Waals surface area contributed by atoms with E-state index in [2.05, 4.69) is 37.2 Å². The Morgan fingerprint density at radius 3 is 2.07 bits per heavy atom. The summed E-state index contributed by atoms with van der Waals surface area (Å²) in [5.74, 6) is -8.59. The first-order valence-electron chi connectivity index (χ1n) is 23.1. The van der Waals surface area contributed by atoms with Gasteiger partial charge in [-0.15, -0.1) is 0 Å². The van der Waals surface area contributed by atoms with Gasteiger partial charge in [-0.2, -0.15) is 11.8 Å². The first-order chi connectivity index (χ1) is 32.6. The van der Waals surface area contributed by atoms with E-state index < -0.39 is 133 Å². The zero-order valence-electron chi connectivity index (χ0n) is 39.9. The number of hydrogen-bond donors (Lipinski definition) is 10. The predicted octanol–water partition coefficient (Wildman–Crippen LogP) is -2.50. The number of nitrogens with one attached hydrogen (secondary N) is 7. The van der Waals surface area contributed by atoms with Gasteiger partial charge in [0.25, 0.3) is 0 Å². The van der Waals surface area contributed by atoms with Gasteiger partial charge in [-0.1, -0.05) is 46.2 Å². The molecular weight excluding hydrogens is 919 g/mol. The molecule has 0 spiro atoms. The zero-order chi connectivity index (χ0) is 51.4. The standard InChI is InChI=1S/C45H69N11O12S/c1-6-25(4)38-44(66)51-28(15-16-34(46)57)40(62)52-31(21-35(47)58)41(63)54-32(23-69-18-8-10-37(60)50-30(42(64)55-38)20-26-11-13-27(68-5)14-12-26)45(67)56-17-7-9-33(56)43(65)53-29(19-24(2)3)39(61)49-22-36(48)59/h11-14,24-25,28-33,38H,6-10,15-23H2,1-5H3,(H2,46,57)(H2,47,58)(H2,48,59)(H,49,61)(H,50,60)(H,51,66)(H,52,62)(H,53,65)(H,54,63)(H,55,64)/t25-,28+,29+,30-,31-,32+,33+,38-/m0/s1. The molecule has 1 aromatic rings. The summed E-state index contributed by atoms with van der Waals surface area (Å²) in [6.07, 6.45) is -0.176. The molecule has 2 heterocycles. The van der Waals surface area contributed by atoms with Crippen LogP contribution in [0.15, 0.2) is 24.3 Å². The lowest BCUT2D eigenvalue weighted by molar-refractivity contribution is -0.142. The van der Waals surface area contributed by atoms with Crippen LogP contribution in [-0.2, 0) is 59.2 Å². The zero-order valence-corrected chi connectivity index (χ0v) is 40.7. The summed E-state index contributed by atoms with van der Waals surface area (Å²) in [7, 11) is 1.50. The van der Waals surface area contributed by atoms with Gasteiger partial charge in [0.15, 0.2) is 0 Å². The Hall–Kier alpha value is -6.46. The molecule has 11 amide bonds. The lowest BCUT2D eigenvalue weighted by Crippen LogP contribution is -2.61. The lowest BCUT2D eigenvalue weighted by Gasteiger charge is -2.31. The van der Waals surface area contributed by atoms with E-state index in [1.807, 2.05) is 13.8 Å². The van der Waals surface area contributed by atoms with Crippen LogP contribution in [-0.4, -0.2) is 144 Å². The van der Waals surface area contributed by atoms with Gasteiger partial charge in [0.1, 0.15) is 48.0 Å². The highest BCUT2D eigenvalue weighted by molar-refractivity contribution is 7.99. The van der Waals surface area contributed by atoms with Crippen molar-refractivity contribution in [2.24, 2.45) is 29.0 Å². The fraction of sp³-hybridized carbons (Fsp3) is 0.622. The third-order valence-corrected chi connectivity index (χ3v) is 12.7. The number of carbonyl (C=O) groups excluding carboxylic acids is 11. The average Bonchev–Trinajstić information content (AvgIpc) is 3.79. The minimum Gasteiger partial charge on any atom is -0.497 e. The maximum absolute atomic E-state index is 14.5. The van der Waals surface area contributed by atoms with Crippen LogP contribution in [0.1, 0.15) is 91.0 Å². The number of hydrogen-bond acceptors (Lipinski definition) is 13. The summed E-state index contributed by atoms with van der Waals surface area (Å²) >= 11 is 1.18. The second kappa shape index (κ2) is 28.1. The van der Waals surface area contributed by atoms with Crippen molar-refractivity contribution in [3.05, 3.63) is 29.8 Å². The Morgan fingerprint density at radius 2 is 1.46 bits per heavy atom. The first-order valence-corrected chi connectivity index (χ1v) is 24.2. The van der Waals surface area contributed by atoms with E-state index in [4.69, 9.17) is 21.9 Å². The normalized spacial score (nSPS) is 23.2. The largest absolute Gasteiger partial charge is 0.497 e. The molecule has 24 heteroatoms. The van der Waals surface area contributed by atoms with Crippen LogP contribution in [0.25, 0.3) is 0 Å². The number of amides is 11. The number of likely N-dealkylation sites (tertiary alicyclic amines) is 1. The molecular formula is C45H69N11O12S. The third kappa shape index (κ3) is 18.9. The van der Waals surface area contributed by atoms with Crippen molar-refractivity contribution in [3.63, 3.8) is 0 Å². The highest BCUT2D eigenvalue weighted by Crippen LogP contribution is 2.22. The lowest BCUT2D eigenvalue weighted by atomic mass is 9.96. The van der Waals surface area contributed by atoms with E-state index >= 15 is 0 Å². The summed E-state index contributed by atoms with van der Waals surface area (Å²) in [4.78, 5) is 148. The highest BCUT2D eigenvalue weighted by atomic mass is 32.2.